The molecule has 0 aliphatic heterocycles. The predicted octanol–water partition coefficient (Wildman–Crippen LogP) is 5.97. The van der Waals surface area contributed by atoms with Gasteiger partial charge in [0.25, 0.3) is 0 Å². The Kier molecular flexibility index (Phi) is 14.1. The molecule has 5 aromatic rings. The van der Waals surface area contributed by atoms with E-state index in [4.69, 9.17) is 37.9 Å². The van der Waals surface area contributed by atoms with Gasteiger partial charge >= 0.3 is 0 Å². The van der Waals surface area contributed by atoms with Crippen LogP contribution in [0, 0.1) is 23.0 Å². The number of nitriles is 1. The van der Waals surface area contributed by atoms with Crippen LogP contribution in [0.25, 0.3) is 11.4 Å². The molecule has 2 aromatic carbocycles. The van der Waals surface area contributed by atoms with E-state index in [1.54, 1.807) is 26.5 Å². The summed E-state index contributed by atoms with van der Waals surface area (Å²) in [6, 6.07) is 10.5. The Bertz CT molecular complexity index is 1850. The third-order valence-corrected chi connectivity index (χ3v) is 6.85. The van der Waals surface area contributed by atoms with Gasteiger partial charge in [-0.15, -0.1) is 10.2 Å². The average molecular weight is 715 g/mol. The molecule has 0 aliphatic rings. The molecule has 5 N–H and O–H groups in total. The van der Waals surface area contributed by atoms with Crippen molar-refractivity contribution in [3.05, 3.63) is 76.0 Å². The molecule has 0 radical (unpaired) electrons. The Hall–Kier alpha value is -5.28. The minimum atomic E-state index is -0.501. The zero-order valence-corrected chi connectivity index (χ0v) is 27.8. The molecule has 0 atom stereocenters. The number of rotatable bonds is 15. The highest BCUT2D eigenvalue weighted by Crippen LogP contribution is 2.26. The van der Waals surface area contributed by atoms with Gasteiger partial charge in [-0.1, -0.05) is 23.2 Å². The van der Waals surface area contributed by atoms with Gasteiger partial charge in [0.15, 0.2) is 0 Å². The smallest absolute Gasteiger partial charge is 0.229 e. The molecule has 256 valence electrons. The molecule has 0 spiro atoms. The Labute approximate surface area is 289 Å². The summed E-state index contributed by atoms with van der Waals surface area (Å²) < 4.78 is 36.4. The van der Waals surface area contributed by atoms with E-state index in [0.29, 0.717) is 72.2 Å². The van der Waals surface area contributed by atoms with E-state index in [1.165, 1.54) is 36.5 Å². The number of nitrogens with zero attached hydrogens (tertiary/aromatic N) is 8. The maximum atomic E-state index is 13.3. The van der Waals surface area contributed by atoms with Crippen molar-refractivity contribution in [2.24, 2.45) is 0 Å². The summed E-state index contributed by atoms with van der Waals surface area (Å²) in [6.07, 6.45) is 4.56. The normalized spacial score (nSPS) is 10.5. The Morgan fingerprint density at radius 1 is 0.816 bits per heavy atom. The van der Waals surface area contributed by atoms with E-state index in [2.05, 4.69) is 61.8 Å². The molecule has 0 amide bonds. The monoisotopic (exact) mass is 713 g/mol. The number of nitrogens with one attached hydrogen (secondary N) is 5. The highest BCUT2D eigenvalue weighted by atomic mass is 35.5. The van der Waals surface area contributed by atoms with Crippen molar-refractivity contribution in [3.8, 4) is 17.5 Å². The summed E-state index contributed by atoms with van der Waals surface area (Å²) in [5.74, 6) is 0.928. The van der Waals surface area contributed by atoms with Crippen molar-refractivity contribution >= 4 is 58.1 Å². The number of halogens is 4. The SMILES string of the molecule is COCCCNc1nc(Nc2ccc(F)c(Cl)c2)ncc1-c1nn[nH]n1.COCCCNc1nc(Nc2ccc(F)c(Cl)c2)ncc1C#N. The average Bonchev–Trinajstić information content (AvgIpc) is 3.64. The van der Waals surface area contributed by atoms with Crippen molar-refractivity contribution in [2.45, 2.75) is 12.8 Å². The molecule has 0 unspecified atom stereocenters. The van der Waals surface area contributed by atoms with Gasteiger partial charge in [0.2, 0.25) is 17.7 Å². The molecule has 49 heavy (non-hydrogen) atoms. The number of methoxy groups -OCH3 is 2. The molecule has 5 rings (SSSR count). The lowest BCUT2D eigenvalue weighted by molar-refractivity contribution is 0.197. The van der Waals surface area contributed by atoms with Crippen LogP contribution < -0.4 is 21.3 Å². The van der Waals surface area contributed by atoms with Gasteiger partial charge in [-0.2, -0.15) is 20.4 Å². The summed E-state index contributed by atoms with van der Waals surface area (Å²) in [5, 5.41) is 35.1. The molecule has 0 saturated heterocycles. The standard InChI is InChI=1S/C15H16ClFN8O.C15H15ClFN5O/c1-26-6-2-5-18-13-10(14-22-24-25-23-14)8-19-15(21-13)20-9-3-4-12(17)11(16)7-9;1-23-6-2-5-19-14-10(8-18)9-20-15(22-14)21-11-3-4-13(17)12(16)7-11/h3-4,7-8H,2,5-6H2,1H3,(H2,18,19,20,21)(H,22,23,24,25);3-4,7,9H,2,5-6H2,1H3,(H2,19,20,21,22). The third-order valence-electron chi connectivity index (χ3n) is 6.27. The van der Waals surface area contributed by atoms with Gasteiger partial charge in [0.05, 0.1) is 21.8 Å². The molecule has 0 fully saturated rings. The largest absolute Gasteiger partial charge is 0.385 e. The van der Waals surface area contributed by atoms with E-state index in [1.807, 2.05) is 6.07 Å². The van der Waals surface area contributed by atoms with Crippen molar-refractivity contribution in [1.29, 1.82) is 5.26 Å². The zero-order chi connectivity index (χ0) is 35.0. The fraction of sp³-hybridized carbons (Fsp3) is 0.267. The molecule has 19 heteroatoms. The van der Waals surface area contributed by atoms with Crippen LogP contribution in [0.5, 0.6) is 0 Å². The minimum Gasteiger partial charge on any atom is -0.385 e. The van der Waals surface area contributed by atoms with Gasteiger partial charge in [0.1, 0.15) is 34.9 Å². The number of hydrogen-bond acceptors (Lipinski definition) is 14. The first-order valence-electron chi connectivity index (χ1n) is 14.6. The Morgan fingerprint density at radius 3 is 1.88 bits per heavy atom. The molecule has 3 aromatic heterocycles. The molecular weight excluding hydrogens is 683 g/mol. The maximum absolute atomic E-state index is 13.3. The highest BCUT2D eigenvalue weighted by molar-refractivity contribution is 6.31. The Morgan fingerprint density at radius 2 is 1.37 bits per heavy atom. The van der Waals surface area contributed by atoms with E-state index in [9.17, 15) is 8.78 Å². The second kappa shape index (κ2) is 18.9. The first kappa shape index (κ1) is 36.6. The van der Waals surface area contributed by atoms with E-state index in [0.717, 1.165) is 12.8 Å². The lowest BCUT2D eigenvalue weighted by atomic mass is 10.3. The van der Waals surface area contributed by atoms with Gasteiger partial charge in [-0.25, -0.2) is 18.7 Å². The lowest BCUT2D eigenvalue weighted by Gasteiger charge is -2.11. The van der Waals surface area contributed by atoms with Gasteiger partial charge in [-0.3, -0.25) is 0 Å². The van der Waals surface area contributed by atoms with Crippen LogP contribution in [0.3, 0.4) is 0 Å². The second-order valence-electron chi connectivity index (χ2n) is 9.81. The van der Waals surface area contributed by atoms with Crippen LogP contribution >= 0.6 is 23.2 Å². The molecule has 0 saturated carbocycles. The number of ether oxygens (including phenoxy) is 2. The van der Waals surface area contributed by atoms with E-state index >= 15 is 0 Å². The topological polar surface area (TPSA) is 196 Å². The third kappa shape index (κ3) is 11.1. The summed E-state index contributed by atoms with van der Waals surface area (Å²) in [7, 11) is 3.27. The van der Waals surface area contributed by atoms with Crippen molar-refractivity contribution < 1.29 is 18.3 Å². The predicted molar refractivity (Wildman–Crippen MR) is 181 cm³/mol. The molecule has 0 aliphatic carbocycles. The second-order valence-corrected chi connectivity index (χ2v) is 10.6. The number of H-pyrrole nitrogens is 1. The van der Waals surface area contributed by atoms with Crippen LogP contribution in [0.15, 0.2) is 48.8 Å². The molecule has 0 bridgehead atoms. The zero-order valence-electron chi connectivity index (χ0n) is 26.3. The first-order valence-corrected chi connectivity index (χ1v) is 15.3. The number of anilines is 6. The van der Waals surface area contributed by atoms with E-state index < -0.39 is 11.6 Å². The van der Waals surface area contributed by atoms with Crippen molar-refractivity contribution in [2.75, 3.05) is 61.8 Å². The fourth-order valence-corrected chi connectivity index (χ4v) is 4.29. The molecule has 15 nitrogen and oxygen atoms in total. The summed E-state index contributed by atoms with van der Waals surface area (Å²) in [4.78, 5) is 17.0. The van der Waals surface area contributed by atoms with E-state index in [-0.39, 0.29) is 16.0 Å². The summed E-state index contributed by atoms with van der Waals surface area (Å²) >= 11 is 11.5. The summed E-state index contributed by atoms with van der Waals surface area (Å²) in [6.45, 7) is 2.48. The number of aromatic amines is 1. The van der Waals surface area contributed by atoms with Crippen LogP contribution in [-0.2, 0) is 9.47 Å². The highest BCUT2D eigenvalue weighted by Gasteiger charge is 2.14. The fourth-order valence-electron chi connectivity index (χ4n) is 3.93. The van der Waals surface area contributed by atoms with Crippen molar-refractivity contribution in [1.82, 2.24) is 40.6 Å². The number of benzene rings is 2. The number of aromatic nitrogens is 8. The van der Waals surface area contributed by atoms with Crippen LogP contribution in [0.4, 0.5) is 43.7 Å². The number of tetrazole rings is 1. The molecular formula is C30H31Cl2F2N13O2. The van der Waals surface area contributed by atoms with Crippen LogP contribution in [0.2, 0.25) is 10.0 Å². The lowest BCUT2D eigenvalue weighted by Crippen LogP contribution is -2.09. The van der Waals surface area contributed by atoms with Crippen molar-refractivity contribution in [3.63, 3.8) is 0 Å². The molecule has 3 heterocycles. The summed E-state index contributed by atoms with van der Waals surface area (Å²) in [5.41, 5.74) is 2.05. The van der Waals surface area contributed by atoms with Crippen LogP contribution in [0.1, 0.15) is 18.4 Å². The first-order chi connectivity index (χ1) is 23.8. The quantitative estimate of drug-likeness (QED) is 0.0795. The van der Waals surface area contributed by atoms with Crippen LogP contribution in [-0.4, -0.2) is 81.1 Å². The minimum absolute atomic E-state index is 0.00144. The van der Waals surface area contributed by atoms with Gasteiger partial charge in [-0.05, 0) is 54.5 Å². The maximum Gasteiger partial charge on any atom is 0.229 e. The van der Waals surface area contributed by atoms with Gasteiger partial charge < -0.3 is 30.7 Å². The number of hydrogen-bond donors (Lipinski definition) is 5. The van der Waals surface area contributed by atoms with Gasteiger partial charge in [0, 0.05) is 58.1 Å². The Balaban J connectivity index is 0.000000223.